The molecule has 0 heterocycles. The summed E-state index contributed by atoms with van der Waals surface area (Å²) in [5, 5.41) is 7.67. The fraction of sp³-hybridized carbons (Fsp3) is 0.400. The Morgan fingerprint density at radius 2 is 1.23 bits per heavy atom. The molecule has 0 aliphatic heterocycles. The number of ether oxygens (including phenoxy) is 3. The zero-order chi connectivity index (χ0) is 20.2. The second-order valence-electron chi connectivity index (χ2n) is 5.01. The van der Waals surface area contributed by atoms with Crippen molar-refractivity contribution in [2.24, 2.45) is 5.14 Å². The van der Waals surface area contributed by atoms with Crippen molar-refractivity contribution in [1.82, 2.24) is 5.32 Å². The fourth-order valence-corrected chi connectivity index (χ4v) is 1.93. The van der Waals surface area contributed by atoms with Gasteiger partial charge in [-0.2, -0.15) is 0 Å². The highest BCUT2D eigenvalue weighted by atomic mass is 32.2. The lowest BCUT2D eigenvalue weighted by molar-refractivity contribution is -0.150. The molecule has 0 saturated heterocycles. The third-order valence-corrected chi connectivity index (χ3v) is 3.63. The summed E-state index contributed by atoms with van der Waals surface area (Å²) in [6.07, 6.45) is 2.71. The Bertz CT molecular complexity index is 597. The Balaban J connectivity index is 5.38. The van der Waals surface area contributed by atoms with E-state index in [9.17, 15) is 22.8 Å². The first-order valence-electron chi connectivity index (χ1n) is 7.20. The number of nitrogens with two attached hydrogens (primary N) is 1. The minimum atomic E-state index is -3.79. The molecule has 0 aromatic carbocycles. The normalized spacial score (nSPS) is 11.1. The van der Waals surface area contributed by atoms with Crippen molar-refractivity contribution in [3.63, 3.8) is 0 Å². The third-order valence-electron chi connectivity index (χ3n) is 2.86. The molecule has 26 heavy (non-hydrogen) atoms. The Kier molecular flexibility index (Phi) is 10.1. The number of esters is 3. The minimum Gasteiger partial charge on any atom is -0.460 e. The third kappa shape index (κ3) is 10.4. The van der Waals surface area contributed by atoms with Crippen LogP contribution >= 0.6 is 0 Å². The molecule has 0 atom stereocenters. The number of rotatable bonds is 13. The van der Waals surface area contributed by atoms with Crippen LogP contribution in [-0.4, -0.2) is 64.0 Å². The van der Waals surface area contributed by atoms with E-state index < -0.39 is 59.0 Å². The predicted molar refractivity (Wildman–Crippen MR) is 92.2 cm³/mol. The number of hydrogen-bond donors (Lipinski definition) is 2. The average Bonchev–Trinajstić information content (AvgIpc) is 2.60. The maximum absolute atomic E-state index is 11.3. The Hall–Kier alpha value is -2.50. The molecule has 0 aromatic heterocycles. The first-order valence-corrected chi connectivity index (χ1v) is 8.92. The summed E-state index contributed by atoms with van der Waals surface area (Å²) in [7, 11) is -3.79. The van der Waals surface area contributed by atoms with Crippen molar-refractivity contribution < 1.29 is 37.0 Å². The molecule has 0 radical (unpaired) electrons. The molecule has 0 aliphatic rings. The van der Waals surface area contributed by atoms with Crippen molar-refractivity contribution in [2.45, 2.75) is 5.54 Å². The quantitative estimate of drug-likeness (QED) is 0.224. The lowest BCUT2D eigenvalue weighted by Crippen LogP contribution is -2.58. The Labute approximate surface area is 151 Å². The molecule has 0 saturated carbocycles. The summed E-state index contributed by atoms with van der Waals surface area (Å²) >= 11 is 0. The standard InChI is InChI=1S/C15H22N2O8S/c1-4-12(18)23-9-15(10-24-13(19)5-2,11-25-14(20)6-3)17-7-8-26(16,21)22/h4-6,17H,1-3,7-11H2,(H2,16,21,22). The highest BCUT2D eigenvalue weighted by molar-refractivity contribution is 7.89. The van der Waals surface area contributed by atoms with Gasteiger partial charge in [0.05, 0.1) is 5.75 Å². The van der Waals surface area contributed by atoms with Gasteiger partial charge in [-0.25, -0.2) is 27.9 Å². The molecule has 0 aliphatic carbocycles. The second kappa shape index (κ2) is 11.2. The van der Waals surface area contributed by atoms with Crippen molar-refractivity contribution in [1.29, 1.82) is 0 Å². The number of sulfonamides is 1. The first-order chi connectivity index (χ1) is 12.1. The van der Waals surface area contributed by atoms with Gasteiger partial charge in [-0.1, -0.05) is 19.7 Å². The summed E-state index contributed by atoms with van der Waals surface area (Å²) in [6, 6.07) is 0. The largest absolute Gasteiger partial charge is 0.460 e. The molecule has 0 spiro atoms. The van der Waals surface area contributed by atoms with Crippen LogP contribution in [0.25, 0.3) is 0 Å². The molecule has 0 unspecified atom stereocenters. The van der Waals surface area contributed by atoms with E-state index in [-0.39, 0.29) is 6.54 Å². The molecule has 0 aromatic rings. The second-order valence-corrected chi connectivity index (χ2v) is 6.74. The first kappa shape index (κ1) is 23.5. The van der Waals surface area contributed by atoms with Crippen LogP contribution in [0.1, 0.15) is 0 Å². The monoisotopic (exact) mass is 390 g/mol. The van der Waals surface area contributed by atoms with E-state index in [0.29, 0.717) is 0 Å². The highest BCUT2D eigenvalue weighted by Crippen LogP contribution is 2.10. The fourth-order valence-electron chi connectivity index (χ4n) is 1.54. The van der Waals surface area contributed by atoms with Crippen LogP contribution in [0, 0.1) is 0 Å². The molecule has 3 N–H and O–H groups in total. The van der Waals surface area contributed by atoms with Gasteiger partial charge >= 0.3 is 17.9 Å². The van der Waals surface area contributed by atoms with E-state index in [0.717, 1.165) is 18.2 Å². The van der Waals surface area contributed by atoms with E-state index >= 15 is 0 Å². The topological polar surface area (TPSA) is 151 Å². The van der Waals surface area contributed by atoms with Gasteiger partial charge in [0.15, 0.2) is 0 Å². The van der Waals surface area contributed by atoms with E-state index in [4.69, 9.17) is 19.3 Å². The zero-order valence-electron chi connectivity index (χ0n) is 14.1. The van der Waals surface area contributed by atoms with Gasteiger partial charge in [0.1, 0.15) is 25.4 Å². The van der Waals surface area contributed by atoms with Gasteiger partial charge in [-0.3, -0.25) is 0 Å². The van der Waals surface area contributed by atoms with Gasteiger partial charge in [0.2, 0.25) is 10.0 Å². The lowest BCUT2D eigenvalue weighted by atomic mass is 10.0. The van der Waals surface area contributed by atoms with Crippen LogP contribution in [0.2, 0.25) is 0 Å². The van der Waals surface area contributed by atoms with Crippen molar-refractivity contribution in [2.75, 3.05) is 32.1 Å². The van der Waals surface area contributed by atoms with Crippen molar-refractivity contribution in [3.05, 3.63) is 38.0 Å². The maximum atomic E-state index is 11.3. The summed E-state index contributed by atoms with van der Waals surface area (Å²) in [5.74, 6) is -2.82. The van der Waals surface area contributed by atoms with Crippen LogP contribution in [0.5, 0.6) is 0 Å². The van der Waals surface area contributed by atoms with Gasteiger partial charge in [0.25, 0.3) is 0 Å². The molecule has 0 fully saturated rings. The van der Waals surface area contributed by atoms with Crippen LogP contribution in [0.4, 0.5) is 0 Å². The summed E-state index contributed by atoms with van der Waals surface area (Å²) in [6.45, 7) is 8.28. The SMILES string of the molecule is C=CC(=O)OCC(COC(=O)C=C)(COC(=O)C=C)NCCS(N)(=O)=O. The summed E-state index contributed by atoms with van der Waals surface area (Å²) in [4.78, 5) is 34.0. The van der Waals surface area contributed by atoms with E-state index in [1.807, 2.05) is 0 Å². The molecular formula is C15H22N2O8S. The molecule has 11 heteroatoms. The molecule has 10 nitrogen and oxygen atoms in total. The van der Waals surface area contributed by atoms with Gasteiger partial charge in [0, 0.05) is 24.8 Å². The molecule has 0 bridgehead atoms. The van der Waals surface area contributed by atoms with E-state index in [1.54, 1.807) is 0 Å². The molecule has 0 amide bonds. The molecular weight excluding hydrogens is 368 g/mol. The highest BCUT2D eigenvalue weighted by Gasteiger charge is 2.35. The Morgan fingerprint density at radius 3 is 1.50 bits per heavy atom. The van der Waals surface area contributed by atoms with Crippen molar-refractivity contribution >= 4 is 27.9 Å². The average molecular weight is 390 g/mol. The zero-order valence-corrected chi connectivity index (χ0v) is 15.0. The van der Waals surface area contributed by atoms with Gasteiger partial charge in [-0.05, 0) is 0 Å². The van der Waals surface area contributed by atoms with Crippen LogP contribution in [0.3, 0.4) is 0 Å². The van der Waals surface area contributed by atoms with Crippen molar-refractivity contribution in [3.8, 4) is 0 Å². The number of carbonyl (C=O) groups is 3. The molecule has 146 valence electrons. The van der Waals surface area contributed by atoms with E-state index in [1.165, 1.54) is 0 Å². The number of carbonyl (C=O) groups excluding carboxylic acids is 3. The van der Waals surface area contributed by atoms with Gasteiger partial charge in [-0.15, -0.1) is 0 Å². The smallest absolute Gasteiger partial charge is 0.330 e. The number of primary sulfonamides is 1. The van der Waals surface area contributed by atoms with Crippen LogP contribution < -0.4 is 10.5 Å². The summed E-state index contributed by atoms with van der Waals surface area (Å²) < 4.78 is 37.0. The van der Waals surface area contributed by atoms with Crippen LogP contribution in [-0.2, 0) is 38.6 Å². The van der Waals surface area contributed by atoms with Gasteiger partial charge < -0.3 is 19.5 Å². The predicted octanol–water partition coefficient (Wildman–Crippen LogP) is -1.21. The van der Waals surface area contributed by atoms with E-state index in [2.05, 4.69) is 25.1 Å². The molecule has 0 rings (SSSR count). The Morgan fingerprint density at radius 1 is 0.885 bits per heavy atom. The lowest BCUT2D eigenvalue weighted by Gasteiger charge is -2.32. The minimum absolute atomic E-state index is 0.193. The number of hydrogen-bond acceptors (Lipinski definition) is 9. The maximum Gasteiger partial charge on any atom is 0.330 e. The number of nitrogens with one attached hydrogen (secondary N) is 1. The van der Waals surface area contributed by atoms with Crippen LogP contribution in [0.15, 0.2) is 38.0 Å². The summed E-state index contributed by atoms with van der Waals surface area (Å²) in [5.41, 5.74) is -1.43.